The number of aliphatic hydroxyl groups excluding tert-OH is 1. The molecule has 1 atom stereocenters. The fraction of sp³-hybridized carbons (Fsp3) is 0.931. The van der Waals surface area contributed by atoms with Crippen molar-refractivity contribution in [3.63, 3.8) is 0 Å². The van der Waals surface area contributed by atoms with Gasteiger partial charge in [-0.1, -0.05) is 135 Å². The number of hydrogen-bond donors (Lipinski definition) is 1. The lowest BCUT2D eigenvalue weighted by molar-refractivity contribution is -0.160. The number of carbonyl (C=O) groups is 2. The van der Waals surface area contributed by atoms with Gasteiger partial charge in [0, 0.05) is 13.3 Å². The van der Waals surface area contributed by atoms with E-state index >= 15 is 0 Å². The molecule has 0 fully saturated rings. The zero-order valence-corrected chi connectivity index (χ0v) is 22.6. The molecule has 5 nitrogen and oxygen atoms in total. The zero-order valence-electron chi connectivity index (χ0n) is 22.6. The molecule has 0 heterocycles. The van der Waals surface area contributed by atoms with Gasteiger partial charge < -0.3 is 14.6 Å². The van der Waals surface area contributed by atoms with E-state index in [1.54, 1.807) is 0 Å². The monoisotopic (exact) mass is 484 g/mol. The van der Waals surface area contributed by atoms with Gasteiger partial charge in [-0.25, -0.2) is 0 Å². The van der Waals surface area contributed by atoms with E-state index < -0.39 is 12.1 Å². The first-order valence-electron chi connectivity index (χ1n) is 14.5. The molecule has 0 aromatic heterocycles. The largest absolute Gasteiger partial charge is 0.462 e. The summed E-state index contributed by atoms with van der Waals surface area (Å²) in [5.41, 5.74) is 0. The molecular formula is C29H56O5. The van der Waals surface area contributed by atoms with Crippen LogP contribution in [0.15, 0.2) is 0 Å². The molecule has 0 rings (SSSR count). The lowest BCUT2D eigenvalue weighted by Crippen LogP contribution is -2.28. The standard InChI is InChI=1S/C29H56O5/c1-3-4-5-6-7-8-9-10-11-12-13-14-15-16-17-18-19-20-21-22-23-24-29(32)34-28(25-30)26-33-27(2)31/h28,30H,3-26H2,1-2H3. The smallest absolute Gasteiger partial charge is 0.306 e. The summed E-state index contributed by atoms with van der Waals surface area (Å²) in [6.07, 6.45) is 27.7. The topological polar surface area (TPSA) is 72.8 Å². The van der Waals surface area contributed by atoms with Crippen molar-refractivity contribution in [2.24, 2.45) is 0 Å². The van der Waals surface area contributed by atoms with Crippen molar-refractivity contribution in [3.8, 4) is 0 Å². The van der Waals surface area contributed by atoms with Crippen molar-refractivity contribution in [1.29, 1.82) is 0 Å². The van der Waals surface area contributed by atoms with Gasteiger partial charge in [-0.3, -0.25) is 9.59 Å². The second-order valence-corrected chi connectivity index (χ2v) is 9.92. The van der Waals surface area contributed by atoms with E-state index in [1.165, 1.54) is 122 Å². The van der Waals surface area contributed by atoms with Crippen LogP contribution in [0.5, 0.6) is 0 Å². The molecular weight excluding hydrogens is 428 g/mol. The number of hydrogen-bond acceptors (Lipinski definition) is 5. The molecule has 0 radical (unpaired) electrons. The molecule has 0 aliphatic rings. The van der Waals surface area contributed by atoms with E-state index in [2.05, 4.69) is 6.92 Å². The van der Waals surface area contributed by atoms with Crippen molar-refractivity contribution in [1.82, 2.24) is 0 Å². The van der Waals surface area contributed by atoms with Crippen LogP contribution in [0.25, 0.3) is 0 Å². The highest BCUT2D eigenvalue weighted by atomic mass is 16.6. The van der Waals surface area contributed by atoms with Crippen molar-refractivity contribution < 1.29 is 24.2 Å². The van der Waals surface area contributed by atoms with Gasteiger partial charge in [-0.2, -0.15) is 0 Å². The van der Waals surface area contributed by atoms with Crippen molar-refractivity contribution in [2.75, 3.05) is 13.2 Å². The molecule has 5 heteroatoms. The molecule has 202 valence electrons. The molecule has 0 aromatic rings. The SMILES string of the molecule is CCCCCCCCCCCCCCCCCCCCCCCC(=O)OC(CO)COC(C)=O. The predicted molar refractivity (Wildman–Crippen MR) is 141 cm³/mol. The molecule has 0 saturated carbocycles. The summed E-state index contributed by atoms with van der Waals surface area (Å²) < 4.78 is 9.90. The van der Waals surface area contributed by atoms with E-state index in [9.17, 15) is 9.59 Å². The normalized spacial score (nSPS) is 12.0. The van der Waals surface area contributed by atoms with Crippen LogP contribution in [-0.4, -0.2) is 36.4 Å². The van der Waals surface area contributed by atoms with Crippen LogP contribution in [0, 0.1) is 0 Å². The number of aliphatic hydroxyl groups is 1. The Bertz CT molecular complexity index is 452. The third-order valence-electron chi connectivity index (χ3n) is 6.46. The van der Waals surface area contributed by atoms with E-state index in [4.69, 9.17) is 14.6 Å². The first-order chi connectivity index (χ1) is 16.6. The quantitative estimate of drug-likeness (QED) is 0.0992. The summed E-state index contributed by atoms with van der Waals surface area (Å²) in [6, 6.07) is 0. The Morgan fingerprint density at radius 3 is 1.29 bits per heavy atom. The third kappa shape index (κ3) is 25.5. The summed E-state index contributed by atoms with van der Waals surface area (Å²) in [7, 11) is 0. The lowest BCUT2D eigenvalue weighted by Gasteiger charge is -2.15. The van der Waals surface area contributed by atoms with Crippen LogP contribution in [0.2, 0.25) is 0 Å². The van der Waals surface area contributed by atoms with Gasteiger partial charge in [0.15, 0.2) is 6.10 Å². The molecule has 0 aliphatic carbocycles. The molecule has 0 saturated heterocycles. The van der Waals surface area contributed by atoms with Gasteiger partial charge in [0.05, 0.1) is 6.61 Å². The Hall–Kier alpha value is -1.10. The van der Waals surface area contributed by atoms with Gasteiger partial charge in [0.25, 0.3) is 0 Å². The average molecular weight is 485 g/mol. The minimum absolute atomic E-state index is 0.0864. The van der Waals surface area contributed by atoms with Gasteiger partial charge in [0.2, 0.25) is 0 Å². The Morgan fingerprint density at radius 1 is 0.618 bits per heavy atom. The summed E-state index contributed by atoms with van der Waals surface area (Å²) in [5, 5.41) is 9.17. The number of ether oxygens (including phenoxy) is 2. The fourth-order valence-corrected chi connectivity index (χ4v) is 4.28. The van der Waals surface area contributed by atoms with Gasteiger partial charge in [-0.15, -0.1) is 0 Å². The summed E-state index contributed by atoms with van der Waals surface area (Å²) in [6.45, 7) is 3.15. The number of carbonyl (C=O) groups excluding carboxylic acids is 2. The van der Waals surface area contributed by atoms with Gasteiger partial charge in [-0.05, 0) is 6.42 Å². The van der Waals surface area contributed by atoms with Gasteiger partial charge in [0.1, 0.15) is 6.61 Å². The molecule has 0 spiro atoms. The molecule has 0 amide bonds. The maximum atomic E-state index is 11.8. The molecule has 1 unspecified atom stereocenters. The summed E-state index contributed by atoms with van der Waals surface area (Å²) in [5.74, 6) is -0.775. The van der Waals surface area contributed by atoms with Crippen LogP contribution < -0.4 is 0 Å². The van der Waals surface area contributed by atoms with Crippen LogP contribution in [0.1, 0.15) is 155 Å². The zero-order chi connectivity index (χ0) is 25.1. The first kappa shape index (κ1) is 32.9. The van der Waals surface area contributed by atoms with Crippen molar-refractivity contribution in [3.05, 3.63) is 0 Å². The van der Waals surface area contributed by atoms with Gasteiger partial charge >= 0.3 is 11.9 Å². The fourth-order valence-electron chi connectivity index (χ4n) is 4.28. The Labute approximate surface area is 210 Å². The van der Waals surface area contributed by atoms with Crippen LogP contribution in [-0.2, 0) is 19.1 Å². The second-order valence-electron chi connectivity index (χ2n) is 9.92. The Kier molecular flexibility index (Phi) is 25.6. The highest BCUT2D eigenvalue weighted by Gasteiger charge is 2.14. The van der Waals surface area contributed by atoms with E-state index in [0.717, 1.165) is 19.3 Å². The highest BCUT2D eigenvalue weighted by molar-refractivity contribution is 5.69. The highest BCUT2D eigenvalue weighted by Crippen LogP contribution is 2.15. The van der Waals surface area contributed by atoms with Crippen LogP contribution >= 0.6 is 0 Å². The lowest BCUT2D eigenvalue weighted by atomic mass is 10.0. The number of esters is 2. The molecule has 34 heavy (non-hydrogen) atoms. The molecule has 1 N–H and O–H groups in total. The third-order valence-corrected chi connectivity index (χ3v) is 6.46. The maximum Gasteiger partial charge on any atom is 0.306 e. The van der Waals surface area contributed by atoms with Crippen molar-refractivity contribution >= 4 is 11.9 Å². The van der Waals surface area contributed by atoms with Crippen molar-refractivity contribution in [2.45, 2.75) is 161 Å². The molecule has 0 aromatic carbocycles. The molecule has 0 bridgehead atoms. The summed E-state index contributed by atoms with van der Waals surface area (Å²) in [4.78, 5) is 22.6. The van der Waals surface area contributed by atoms with E-state index in [-0.39, 0.29) is 19.2 Å². The summed E-state index contributed by atoms with van der Waals surface area (Å²) >= 11 is 0. The first-order valence-corrected chi connectivity index (χ1v) is 14.5. The second kappa shape index (κ2) is 26.5. The minimum Gasteiger partial charge on any atom is -0.462 e. The average Bonchev–Trinajstić information content (AvgIpc) is 2.82. The van der Waals surface area contributed by atoms with Crippen LogP contribution in [0.4, 0.5) is 0 Å². The van der Waals surface area contributed by atoms with Crippen LogP contribution in [0.3, 0.4) is 0 Å². The van der Waals surface area contributed by atoms with E-state index in [0.29, 0.717) is 6.42 Å². The maximum absolute atomic E-state index is 11.8. The number of unbranched alkanes of at least 4 members (excludes halogenated alkanes) is 20. The van der Waals surface area contributed by atoms with E-state index in [1.807, 2.05) is 0 Å². The number of rotatable bonds is 26. The minimum atomic E-state index is -0.758. The molecule has 0 aliphatic heterocycles. The Morgan fingerprint density at radius 2 is 0.971 bits per heavy atom. The Balaban J connectivity index is 3.25. The predicted octanol–water partition coefficient (Wildman–Crippen LogP) is 8.06.